The highest BCUT2D eigenvalue weighted by Crippen LogP contribution is 2.08. The zero-order chi connectivity index (χ0) is 16.5. The van der Waals surface area contributed by atoms with Crippen molar-refractivity contribution in [3.8, 4) is 0 Å². The van der Waals surface area contributed by atoms with Gasteiger partial charge in [0.05, 0.1) is 13.2 Å². The first kappa shape index (κ1) is 18.4. The van der Waals surface area contributed by atoms with Gasteiger partial charge in [-0.3, -0.25) is 9.63 Å². The van der Waals surface area contributed by atoms with Gasteiger partial charge in [0.15, 0.2) is 0 Å². The summed E-state index contributed by atoms with van der Waals surface area (Å²) in [4.78, 5) is 28.1. The molecule has 0 aliphatic rings. The van der Waals surface area contributed by atoms with Gasteiger partial charge in [-0.2, -0.15) is 12.6 Å². The monoisotopic (exact) mass is 329 g/mol. The zero-order valence-corrected chi connectivity index (χ0v) is 12.8. The molecule has 0 fully saturated rings. The van der Waals surface area contributed by atoms with Crippen molar-refractivity contribution in [1.29, 1.82) is 0 Å². The van der Waals surface area contributed by atoms with Crippen LogP contribution in [0.25, 0.3) is 0 Å². The third-order valence-corrected chi connectivity index (χ3v) is 2.95. The number of rotatable bonds is 8. The van der Waals surface area contributed by atoms with Crippen molar-refractivity contribution >= 4 is 24.5 Å². The third-order valence-electron chi connectivity index (χ3n) is 2.59. The number of ether oxygens (including phenoxy) is 1. The van der Waals surface area contributed by atoms with E-state index < -0.39 is 23.3 Å². The maximum atomic E-state index is 12.1. The molecule has 0 heterocycles. The minimum absolute atomic E-state index is 0.100. The van der Waals surface area contributed by atoms with Crippen LogP contribution in [0.5, 0.6) is 0 Å². The molecule has 0 aromatic heterocycles. The second-order valence-electron chi connectivity index (χ2n) is 4.17. The van der Waals surface area contributed by atoms with Crippen LogP contribution in [-0.2, 0) is 21.0 Å². The Morgan fingerprint density at radius 3 is 2.82 bits per heavy atom. The van der Waals surface area contributed by atoms with E-state index in [1.165, 1.54) is 12.1 Å². The number of amides is 1. The van der Waals surface area contributed by atoms with Crippen molar-refractivity contribution in [3.05, 3.63) is 40.6 Å². The van der Waals surface area contributed by atoms with E-state index in [1.807, 2.05) is 0 Å². The number of hydrogen-bond donors (Lipinski definition) is 3. The molecule has 8 nitrogen and oxygen atoms in total. The van der Waals surface area contributed by atoms with E-state index in [0.717, 1.165) is 0 Å². The molecule has 1 atom stereocenters. The predicted octanol–water partition coefficient (Wildman–Crippen LogP) is 0.898. The summed E-state index contributed by atoms with van der Waals surface area (Å²) in [7, 11) is 0. The summed E-state index contributed by atoms with van der Waals surface area (Å²) in [6.07, 6.45) is 0. The van der Waals surface area contributed by atoms with E-state index in [-0.39, 0.29) is 24.5 Å². The number of benzene rings is 1. The first-order valence-electron chi connectivity index (χ1n) is 6.44. The molecular weight excluding hydrogens is 312 g/mol. The second kappa shape index (κ2) is 9.38. The van der Waals surface area contributed by atoms with Crippen LogP contribution in [0.15, 0.2) is 24.3 Å². The summed E-state index contributed by atoms with van der Waals surface area (Å²) >= 11 is 4.01. The van der Waals surface area contributed by atoms with E-state index >= 15 is 0 Å². The number of nitrogens with zero attached hydrogens (tertiary/aromatic N) is 1. The number of thiol groups is 1. The van der Waals surface area contributed by atoms with Crippen LogP contribution in [0.3, 0.4) is 0 Å². The molecule has 122 valence electrons. The van der Waals surface area contributed by atoms with Gasteiger partial charge in [-0.15, -0.1) is 5.39 Å². The Morgan fingerprint density at radius 2 is 2.23 bits per heavy atom. The molecule has 0 saturated heterocycles. The fourth-order valence-corrected chi connectivity index (χ4v) is 1.84. The summed E-state index contributed by atoms with van der Waals surface area (Å²) in [5.41, 5.74) is 0.772. The molecule has 0 saturated carbocycles. The van der Waals surface area contributed by atoms with Gasteiger partial charge in [0.25, 0.3) is 5.91 Å². The molecule has 1 aromatic carbocycles. The number of carbonyl (C=O) groups is 2. The van der Waals surface area contributed by atoms with Gasteiger partial charge in [-0.25, -0.2) is 4.79 Å². The van der Waals surface area contributed by atoms with E-state index in [2.05, 4.69) is 22.8 Å². The van der Waals surface area contributed by atoms with Crippen LogP contribution < -0.4 is 5.32 Å². The Labute approximate surface area is 132 Å². The Bertz CT molecular complexity index is 511. The lowest BCUT2D eigenvalue weighted by Gasteiger charge is -2.18. The summed E-state index contributed by atoms with van der Waals surface area (Å²) in [6.45, 7) is 1.67. The van der Waals surface area contributed by atoms with E-state index in [9.17, 15) is 14.8 Å². The molecular formula is C13H17N2O6S-. The highest BCUT2D eigenvalue weighted by Gasteiger charge is 2.21. The van der Waals surface area contributed by atoms with Gasteiger partial charge in [0, 0.05) is 11.3 Å². The molecule has 9 heteroatoms. The van der Waals surface area contributed by atoms with Gasteiger partial charge in [-0.1, -0.05) is 12.1 Å². The van der Waals surface area contributed by atoms with Crippen molar-refractivity contribution in [2.24, 2.45) is 0 Å². The highest BCUT2D eigenvalue weighted by molar-refractivity contribution is 7.80. The fraction of sp³-hybridized carbons (Fsp3) is 0.385. The van der Waals surface area contributed by atoms with Gasteiger partial charge >= 0.3 is 5.97 Å². The number of carbonyl (C=O) groups excluding carboxylic acids is 2. The normalized spacial score (nSPS) is 12.0. The van der Waals surface area contributed by atoms with Crippen molar-refractivity contribution < 1.29 is 24.4 Å². The van der Waals surface area contributed by atoms with Crippen LogP contribution in [0.2, 0.25) is 0 Å². The minimum Gasteiger partial charge on any atom is -0.738 e. The van der Waals surface area contributed by atoms with Crippen molar-refractivity contribution in [1.82, 2.24) is 10.7 Å². The van der Waals surface area contributed by atoms with Crippen molar-refractivity contribution in [3.63, 3.8) is 0 Å². The largest absolute Gasteiger partial charge is 0.738 e. The Hall–Kier alpha value is -1.65. The van der Waals surface area contributed by atoms with Crippen molar-refractivity contribution in [2.45, 2.75) is 19.6 Å². The maximum Gasteiger partial charge on any atom is 0.329 e. The fourth-order valence-electron chi connectivity index (χ4n) is 1.60. The Morgan fingerprint density at radius 1 is 1.50 bits per heavy atom. The standard InChI is InChI=1S/C13H17N2O6S/c1-2-20-13(17)11(8-22)14-12(16)10-5-3-4-9(6-10)7-21-15(18)19/h3-6,11,18,22H,2,7-8H2,1H3,(H,14,16)/q-1/t11-/m0/s1. The SMILES string of the molecule is CCOC(=O)[C@H](CS)NC(=O)c1cccc(CON([O-])O)c1. The number of esters is 1. The van der Waals surface area contributed by atoms with E-state index in [4.69, 9.17) is 9.94 Å². The lowest BCUT2D eigenvalue weighted by atomic mass is 10.1. The number of nitrogens with one attached hydrogen (secondary N) is 1. The van der Waals surface area contributed by atoms with Crippen LogP contribution in [0.4, 0.5) is 0 Å². The maximum absolute atomic E-state index is 12.1. The summed E-state index contributed by atoms with van der Waals surface area (Å²) in [6, 6.07) is 5.35. The zero-order valence-electron chi connectivity index (χ0n) is 11.9. The molecule has 1 amide bonds. The molecule has 1 rings (SSSR count). The lowest BCUT2D eigenvalue weighted by molar-refractivity contribution is -0.312. The quantitative estimate of drug-likeness (QED) is 0.369. The van der Waals surface area contributed by atoms with Gasteiger partial charge < -0.3 is 20.5 Å². The molecule has 0 unspecified atom stereocenters. The molecule has 0 radical (unpaired) electrons. The van der Waals surface area contributed by atoms with Crippen LogP contribution >= 0.6 is 12.6 Å². The second-order valence-corrected chi connectivity index (χ2v) is 4.54. The molecule has 2 N–H and O–H groups in total. The average Bonchev–Trinajstić information content (AvgIpc) is 2.50. The molecule has 0 spiro atoms. The third kappa shape index (κ3) is 6.00. The van der Waals surface area contributed by atoms with Crippen molar-refractivity contribution in [2.75, 3.05) is 12.4 Å². The topological polar surface area (TPSA) is 111 Å². The predicted molar refractivity (Wildman–Crippen MR) is 80.0 cm³/mol. The average molecular weight is 329 g/mol. The van der Waals surface area contributed by atoms with Gasteiger partial charge in [0.1, 0.15) is 6.04 Å². The van der Waals surface area contributed by atoms with Gasteiger partial charge in [-0.05, 0) is 24.6 Å². The Kier molecular flexibility index (Phi) is 7.85. The Balaban J connectivity index is 2.71. The first-order valence-corrected chi connectivity index (χ1v) is 7.07. The lowest BCUT2D eigenvalue weighted by Crippen LogP contribution is -2.43. The molecule has 0 aliphatic carbocycles. The van der Waals surface area contributed by atoms with Crippen LogP contribution in [0.1, 0.15) is 22.8 Å². The van der Waals surface area contributed by atoms with Crippen LogP contribution in [0, 0.1) is 5.21 Å². The summed E-state index contributed by atoms with van der Waals surface area (Å²) in [5, 5.41) is 20.5. The first-order chi connectivity index (χ1) is 10.5. The summed E-state index contributed by atoms with van der Waals surface area (Å²) in [5.74, 6) is -0.951. The van der Waals surface area contributed by atoms with E-state index in [0.29, 0.717) is 5.56 Å². The molecule has 0 aliphatic heterocycles. The minimum atomic E-state index is -0.856. The smallest absolute Gasteiger partial charge is 0.329 e. The highest BCUT2D eigenvalue weighted by atomic mass is 32.1. The summed E-state index contributed by atoms with van der Waals surface area (Å²) < 4.78 is 4.83. The van der Waals surface area contributed by atoms with Crippen LogP contribution in [-0.4, -0.2) is 40.9 Å². The number of hydrogen-bond acceptors (Lipinski definition) is 8. The molecule has 22 heavy (non-hydrogen) atoms. The molecule has 1 aromatic rings. The molecule has 0 bridgehead atoms. The van der Waals surface area contributed by atoms with Gasteiger partial charge in [0.2, 0.25) is 0 Å². The van der Waals surface area contributed by atoms with E-state index in [1.54, 1.807) is 19.1 Å².